The number of nitro benzene ring substituents is 1. The number of rotatable bonds is 8. The fourth-order valence-corrected chi connectivity index (χ4v) is 2.48. The number of carbonyl (C=O) groups excluding carboxylic acids is 1. The van der Waals surface area contributed by atoms with Crippen LogP contribution in [0.5, 0.6) is 17.2 Å². The first kappa shape index (κ1) is 21.2. The number of methoxy groups -OCH3 is 3. The molecule has 0 bridgehead atoms. The van der Waals surface area contributed by atoms with Crippen molar-refractivity contribution in [3.63, 3.8) is 0 Å². The van der Waals surface area contributed by atoms with E-state index in [2.05, 4.69) is 5.32 Å². The largest absolute Gasteiger partial charge is 0.497 e. The highest BCUT2D eigenvalue weighted by atomic mass is 16.6. The van der Waals surface area contributed by atoms with E-state index in [1.165, 1.54) is 26.4 Å². The van der Waals surface area contributed by atoms with Gasteiger partial charge in [0.2, 0.25) is 0 Å². The second-order valence-corrected chi connectivity index (χ2v) is 5.72. The molecule has 0 radical (unpaired) electrons. The second kappa shape index (κ2) is 9.75. The Hall–Kier alpha value is -4.06. The maximum atomic E-state index is 12.4. The lowest BCUT2D eigenvalue weighted by atomic mass is 10.1. The standard InChI is InChI=1S/C20H19N3O6/c1-27-16-6-4-13(5-7-16)12-22-20(24)15(11-21)8-14-9-18(28-2)19(29-3)10-17(14)23(25)26/h4-10H,12H2,1-3H3,(H,22,24)/b15-8-. The molecule has 2 rings (SSSR count). The summed E-state index contributed by atoms with van der Waals surface area (Å²) < 4.78 is 15.3. The monoisotopic (exact) mass is 397 g/mol. The van der Waals surface area contributed by atoms with Crippen LogP contribution in [0.3, 0.4) is 0 Å². The van der Waals surface area contributed by atoms with Crippen molar-refractivity contribution in [2.45, 2.75) is 6.54 Å². The van der Waals surface area contributed by atoms with Crippen molar-refractivity contribution in [1.29, 1.82) is 5.26 Å². The van der Waals surface area contributed by atoms with Gasteiger partial charge in [0.1, 0.15) is 17.4 Å². The average Bonchev–Trinajstić information content (AvgIpc) is 2.75. The van der Waals surface area contributed by atoms with Crippen LogP contribution in [0.4, 0.5) is 5.69 Å². The molecule has 1 N–H and O–H groups in total. The maximum Gasteiger partial charge on any atom is 0.280 e. The van der Waals surface area contributed by atoms with Gasteiger partial charge in [0, 0.05) is 6.54 Å². The normalized spacial score (nSPS) is 10.6. The lowest BCUT2D eigenvalue weighted by molar-refractivity contribution is -0.385. The van der Waals surface area contributed by atoms with Crippen molar-refractivity contribution in [3.8, 4) is 23.3 Å². The number of carbonyl (C=O) groups is 1. The molecule has 2 aromatic carbocycles. The van der Waals surface area contributed by atoms with Crippen LogP contribution in [0.2, 0.25) is 0 Å². The Morgan fingerprint density at radius 1 is 1.14 bits per heavy atom. The van der Waals surface area contributed by atoms with Gasteiger partial charge in [-0.2, -0.15) is 5.26 Å². The Balaban J connectivity index is 2.28. The number of amides is 1. The van der Waals surface area contributed by atoms with E-state index in [0.717, 1.165) is 11.6 Å². The summed E-state index contributed by atoms with van der Waals surface area (Å²) in [5.74, 6) is 0.421. The maximum absolute atomic E-state index is 12.4. The van der Waals surface area contributed by atoms with Crippen molar-refractivity contribution in [1.82, 2.24) is 5.32 Å². The third-order valence-electron chi connectivity index (χ3n) is 4.01. The third-order valence-corrected chi connectivity index (χ3v) is 4.01. The first-order valence-corrected chi connectivity index (χ1v) is 8.36. The minimum absolute atomic E-state index is 0.0452. The van der Waals surface area contributed by atoms with Gasteiger partial charge in [-0.3, -0.25) is 14.9 Å². The molecule has 0 saturated carbocycles. The molecule has 0 unspecified atom stereocenters. The lowest BCUT2D eigenvalue weighted by Gasteiger charge is -2.09. The van der Waals surface area contributed by atoms with Crippen LogP contribution < -0.4 is 19.5 Å². The number of hydrogen-bond donors (Lipinski definition) is 1. The summed E-state index contributed by atoms with van der Waals surface area (Å²) in [6, 6.07) is 11.3. The van der Waals surface area contributed by atoms with Gasteiger partial charge >= 0.3 is 0 Å². The van der Waals surface area contributed by atoms with Crippen molar-refractivity contribution < 1.29 is 23.9 Å². The van der Waals surface area contributed by atoms with E-state index in [1.807, 2.05) is 0 Å². The molecule has 0 atom stereocenters. The molecule has 0 aliphatic heterocycles. The fourth-order valence-electron chi connectivity index (χ4n) is 2.48. The topological polar surface area (TPSA) is 124 Å². The van der Waals surface area contributed by atoms with Gasteiger partial charge in [-0.15, -0.1) is 0 Å². The summed E-state index contributed by atoms with van der Waals surface area (Å²) in [4.78, 5) is 23.1. The van der Waals surface area contributed by atoms with E-state index in [9.17, 15) is 20.2 Å². The zero-order valence-electron chi connectivity index (χ0n) is 16.1. The highest BCUT2D eigenvalue weighted by Crippen LogP contribution is 2.35. The van der Waals surface area contributed by atoms with Crippen LogP contribution in [-0.2, 0) is 11.3 Å². The molecule has 9 nitrogen and oxygen atoms in total. The van der Waals surface area contributed by atoms with Gasteiger partial charge in [-0.25, -0.2) is 0 Å². The molecular formula is C20H19N3O6. The molecule has 0 aliphatic rings. The summed E-state index contributed by atoms with van der Waals surface area (Å²) in [5.41, 5.74) is 0.240. The molecule has 29 heavy (non-hydrogen) atoms. The van der Waals surface area contributed by atoms with Gasteiger partial charge in [-0.05, 0) is 29.8 Å². The molecule has 150 valence electrons. The van der Waals surface area contributed by atoms with Gasteiger partial charge in [0.15, 0.2) is 11.5 Å². The van der Waals surface area contributed by atoms with E-state index >= 15 is 0 Å². The molecule has 2 aromatic rings. The molecule has 0 spiro atoms. The van der Waals surface area contributed by atoms with Crippen molar-refractivity contribution in [2.75, 3.05) is 21.3 Å². The Kier molecular flexibility index (Phi) is 7.14. The fraction of sp³-hybridized carbons (Fsp3) is 0.200. The van der Waals surface area contributed by atoms with Gasteiger partial charge in [-0.1, -0.05) is 12.1 Å². The second-order valence-electron chi connectivity index (χ2n) is 5.72. The molecule has 0 aromatic heterocycles. The van der Waals surface area contributed by atoms with E-state index in [-0.39, 0.29) is 34.9 Å². The summed E-state index contributed by atoms with van der Waals surface area (Å²) in [7, 11) is 4.28. The minimum Gasteiger partial charge on any atom is -0.497 e. The lowest BCUT2D eigenvalue weighted by Crippen LogP contribution is -2.23. The van der Waals surface area contributed by atoms with Crippen LogP contribution in [0.1, 0.15) is 11.1 Å². The summed E-state index contributed by atoms with van der Waals surface area (Å²) >= 11 is 0. The predicted octanol–water partition coefficient (Wildman–Crippen LogP) is 2.84. The number of hydrogen-bond acceptors (Lipinski definition) is 7. The van der Waals surface area contributed by atoms with E-state index in [1.54, 1.807) is 37.4 Å². The third kappa shape index (κ3) is 5.23. The number of nitrogens with one attached hydrogen (secondary N) is 1. The smallest absolute Gasteiger partial charge is 0.280 e. The molecular weight excluding hydrogens is 378 g/mol. The van der Waals surface area contributed by atoms with Crippen molar-refractivity contribution in [2.24, 2.45) is 0 Å². The van der Waals surface area contributed by atoms with Gasteiger partial charge in [0.05, 0.1) is 37.9 Å². The molecule has 0 saturated heterocycles. The van der Waals surface area contributed by atoms with Crippen LogP contribution in [0.25, 0.3) is 6.08 Å². The van der Waals surface area contributed by atoms with E-state index in [4.69, 9.17) is 14.2 Å². The SMILES string of the molecule is COc1ccc(CNC(=O)/C(C#N)=C\c2cc(OC)c(OC)cc2[N+](=O)[O-])cc1. The van der Waals surface area contributed by atoms with E-state index < -0.39 is 10.8 Å². The van der Waals surface area contributed by atoms with Crippen molar-refractivity contribution in [3.05, 3.63) is 63.2 Å². The van der Waals surface area contributed by atoms with Crippen LogP contribution in [-0.4, -0.2) is 32.2 Å². The first-order chi connectivity index (χ1) is 13.9. The van der Waals surface area contributed by atoms with Crippen molar-refractivity contribution >= 4 is 17.7 Å². The molecule has 1 amide bonds. The number of nitriles is 1. The predicted molar refractivity (Wildman–Crippen MR) is 105 cm³/mol. The Morgan fingerprint density at radius 2 is 1.76 bits per heavy atom. The summed E-state index contributed by atoms with van der Waals surface area (Å²) in [5, 5.41) is 23.3. The number of nitro groups is 1. The van der Waals surface area contributed by atoms with Crippen LogP contribution >= 0.6 is 0 Å². The number of ether oxygens (including phenoxy) is 3. The molecule has 0 heterocycles. The highest BCUT2D eigenvalue weighted by molar-refractivity contribution is 6.02. The molecule has 0 aliphatic carbocycles. The van der Waals surface area contributed by atoms with Crippen LogP contribution in [0, 0.1) is 21.4 Å². The first-order valence-electron chi connectivity index (χ1n) is 8.36. The number of benzene rings is 2. The van der Waals surface area contributed by atoms with Gasteiger partial charge < -0.3 is 19.5 Å². The number of nitrogens with zero attached hydrogens (tertiary/aromatic N) is 2. The Bertz CT molecular complexity index is 977. The Morgan fingerprint density at radius 3 is 2.28 bits per heavy atom. The highest BCUT2D eigenvalue weighted by Gasteiger charge is 2.20. The van der Waals surface area contributed by atoms with E-state index in [0.29, 0.717) is 5.75 Å². The zero-order valence-corrected chi connectivity index (χ0v) is 16.1. The quantitative estimate of drug-likeness (QED) is 0.314. The molecule has 9 heteroatoms. The Labute approximate surface area is 167 Å². The van der Waals surface area contributed by atoms with Gasteiger partial charge in [0.25, 0.3) is 11.6 Å². The average molecular weight is 397 g/mol. The summed E-state index contributed by atoms with van der Waals surface area (Å²) in [6.07, 6.45) is 1.14. The summed E-state index contributed by atoms with van der Waals surface area (Å²) in [6.45, 7) is 0.176. The molecule has 0 fully saturated rings. The van der Waals surface area contributed by atoms with Crippen LogP contribution in [0.15, 0.2) is 42.0 Å². The minimum atomic E-state index is -0.660. The zero-order chi connectivity index (χ0) is 21.4.